The quantitative estimate of drug-likeness (QED) is 0.714. The van der Waals surface area contributed by atoms with Crippen LogP contribution < -0.4 is 4.74 Å². The van der Waals surface area contributed by atoms with Gasteiger partial charge in [0.25, 0.3) is 0 Å². The van der Waals surface area contributed by atoms with Gasteiger partial charge in [0, 0.05) is 11.5 Å². The van der Waals surface area contributed by atoms with Gasteiger partial charge in [-0.1, -0.05) is 18.2 Å². The minimum absolute atomic E-state index is 0.144. The van der Waals surface area contributed by atoms with E-state index in [1.807, 2.05) is 38.1 Å². The number of benzene rings is 1. The third-order valence-corrected chi connectivity index (χ3v) is 2.47. The van der Waals surface area contributed by atoms with Gasteiger partial charge in [-0.05, 0) is 19.9 Å². The van der Waals surface area contributed by atoms with Gasteiger partial charge in [0.05, 0.1) is 17.1 Å². The number of nitrogens with one attached hydrogen (secondary N) is 1. The van der Waals surface area contributed by atoms with Crippen LogP contribution in [0.15, 0.2) is 30.3 Å². The van der Waals surface area contributed by atoms with E-state index in [-0.39, 0.29) is 6.10 Å². The Morgan fingerprint density at radius 1 is 1.31 bits per heavy atom. The van der Waals surface area contributed by atoms with Crippen LogP contribution >= 0.6 is 0 Å². The van der Waals surface area contributed by atoms with Gasteiger partial charge in [0.15, 0.2) is 0 Å². The molecule has 0 aliphatic carbocycles. The van der Waals surface area contributed by atoms with Crippen molar-refractivity contribution in [3.63, 3.8) is 0 Å². The maximum Gasteiger partial charge on any atom is 0.235 e. The van der Waals surface area contributed by atoms with E-state index in [1.165, 1.54) is 0 Å². The van der Waals surface area contributed by atoms with Crippen molar-refractivity contribution < 1.29 is 4.74 Å². The number of para-hydroxylation sites is 1. The maximum atomic E-state index is 5.55. The monoisotopic (exact) mass is 215 g/mol. The first kappa shape index (κ1) is 9.27. The highest BCUT2D eigenvalue weighted by atomic mass is 16.5. The van der Waals surface area contributed by atoms with Crippen LogP contribution in [-0.4, -0.2) is 20.9 Å². The van der Waals surface area contributed by atoms with E-state index in [4.69, 9.17) is 4.74 Å². The predicted octanol–water partition coefficient (Wildman–Crippen LogP) is 2.60. The second-order valence-corrected chi connectivity index (χ2v) is 4.10. The summed E-state index contributed by atoms with van der Waals surface area (Å²) in [5, 5.41) is 8.69. The Morgan fingerprint density at radius 3 is 2.94 bits per heavy atom. The van der Waals surface area contributed by atoms with Gasteiger partial charge < -0.3 is 4.74 Å². The standard InChI is InChI=1S/C12H13N3O/c1-8(2)16-12-7-11-9-5-3-4-6-10(9)13-15(11)14-12/h3-8,13H,1-2H3. The maximum absolute atomic E-state index is 5.55. The molecule has 0 saturated heterocycles. The number of fused-ring (bicyclic) bond motifs is 3. The van der Waals surface area contributed by atoms with Gasteiger partial charge in [-0.25, -0.2) is 0 Å². The predicted molar refractivity (Wildman–Crippen MR) is 62.8 cm³/mol. The number of hydrogen-bond acceptors (Lipinski definition) is 2. The Balaban J connectivity index is 2.18. The molecule has 0 bridgehead atoms. The van der Waals surface area contributed by atoms with E-state index < -0.39 is 0 Å². The zero-order chi connectivity index (χ0) is 11.1. The summed E-state index contributed by atoms with van der Waals surface area (Å²) in [7, 11) is 0. The van der Waals surface area contributed by atoms with Crippen LogP contribution in [0.3, 0.4) is 0 Å². The van der Waals surface area contributed by atoms with E-state index in [0.29, 0.717) is 5.88 Å². The van der Waals surface area contributed by atoms with Crippen LogP contribution in [0.2, 0.25) is 0 Å². The fraction of sp³-hybridized carbons (Fsp3) is 0.250. The van der Waals surface area contributed by atoms with E-state index in [9.17, 15) is 0 Å². The average Bonchev–Trinajstić information content (AvgIpc) is 2.73. The molecule has 82 valence electrons. The molecule has 3 aromatic rings. The molecule has 3 rings (SSSR count). The second kappa shape index (κ2) is 3.27. The Morgan fingerprint density at radius 2 is 2.12 bits per heavy atom. The van der Waals surface area contributed by atoms with E-state index in [2.05, 4.69) is 16.3 Å². The smallest absolute Gasteiger partial charge is 0.235 e. The van der Waals surface area contributed by atoms with Crippen molar-refractivity contribution in [3.8, 4) is 5.88 Å². The van der Waals surface area contributed by atoms with Crippen LogP contribution in [0.4, 0.5) is 0 Å². The molecule has 0 fully saturated rings. The van der Waals surface area contributed by atoms with Crippen LogP contribution in [0.25, 0.3) is 16.4 Å². The van der Waals surface area contributed by atoms with E-state index >= 15 is 0 Å². The fourth-order valence-corrected chi connectivity index (χ4v) is 1.85. The third-order valence-electron chi connectivity index (χ3n) is 2.47. The summed E-state index contributed by atoms with van der Waals surface area (Å²) >= 11 is 0. The second-order valence-electron chi connectivity index (χ2n) is 4.10. The highest BCUT2D eigenvalue weighted by Gasteiger charge is 2.09. The largest absolute Gasteiger partial charge is 0.474 e. The number of aromatic amines is 1. The molecular formula is C12H13N3O. The van der Waals surface area contributed by atoms with Crippen molar-refractivity contribution in [2.75, 3.05) is 0 Å². The molecule has 0 unspecified atom stereocenters. The summed E-state index contributed by atoms with van der Waals surface area (Å²) in [5.74, 6) is 0.659. The van der Waals surface area contributed by atoms with Crippen molar-refractivity contribution in [2.45, 2.75) is 20.0 Å². The Hall–Kier alpha value is -1.97. The van der Waals surface area contributed by atoms with Gasteiger partial charge in [-0.15, -0.1) is 5.10 Å². The molecular weight excluding hydrogens is 202 g/mol. The van der Waals surface area contributed by atoms with Crippen molar-refractivity contribution in [1.29, 1.82) is 0 Å². The summed E-state index contributed by atoms with van der Waals surface area (Å²) in [6.07, 6.45) is 0.144. The molecule has 16 heavy (non-hydrogen) atoms. The number of H-pyrrole nitrogens is 1. The highest BCUT2D eigenvalue weighted by molar-refractivity contribution is 5.94. The zero-order valence-corrected chi connectivity index (χ0v) is 9.27. The number of ether oxygens (including phenoxy) is 1. The molecule has 1 aromatic carbocycles. The fourth-order valence-electron chi connectivity index (χ4n) is 1.85. The van der Waals surface area contributed by atoms with Gasteiger partial charge >= 0.3 is 0 Å². The van der Waals surface area contributed by atoms with Gasteiger partial charge in [0.1, 0.15) is 0 Å². The minimum Gasteiger partial charge on any atom is -0.474 e. The Labute approximate surface area is 92.8 Å². The van der Waals surface area contributed by atoms with Crippen molar-refractivity contribution in [1.82, 2.24) is 14.8 Å². The summed E-state index contributed by atoms with van der Waals surface area (Å²) in [4.78, 5) is 0. The highest BCUT2D eigenvalue weighted by Crippen LogP contribution is 2.22. The number of rotatable bonds is 2. The molecule has 0 spiro atoms. The number of nitrogens with zero attached hydrogens (tertiary/aromatic N) is 2. The SMILES string of the molecule is CC(C)Oc1cc2c3ccccc3[nH]n2n1. The molecule has 4 nitrogen and oxygen atoms in total. The molecule has 0 saturated carbocycles. The average molecular weight is 215 g/mol. The van der Waals surface area contributed by atoms with Crippen LogP contribution in [0, 0.1) is 0 Å². The molecule has 2 aromatic heterocycles. The number of aromatic nitrogens is 3. The molecule has 2 heterocycles. The Bertz CT molecular complexity index is 636. The van der Waals surface area contributed by atoms with Crippen LogP contribution in [-0.2, 0) is 0 Å². The van der Waals surface area contributed by atoms with Crippen molar-refractivity contribution in [3.05, 3.63) is 30.3 Å². The minimum atomic E-state index is 0.144. The molecule has 4 heteroatoms. The number of hydrogen-bond donors (Lipinski definition) is 1. The first-order valence-corrected chi connectivity index (χ1v) is 5.37. The third kappa shape index (κ3) is 1.34. The van der Waals surface area contributed by atoms with E-state index in [1.54, 1.807) is 4.63 Å². The van der Waals surface area contributed by atoms with Crippen LogP contribution in [0.1, 0.15) is 13.8 Å². The first-order valence-electron chi connectivity index (χ1n) is 5.37. The topological polar surface area (TPSA) is 42.3 Å². The summed E-state index contributed by atoms with van der Waals surface area (Å²) < 4.78 is 7.31. The normalized spacial score (nSPS) is 11.7. The lowest BCUT2D eigenvalue weighted by Gasteiger charge is -2.04. The molecule has 0 aliphatic heterocycles. The van der Waals surface area contributed by atoms with Crippen LogP contribution in [0.5, 0.6) is 5.88 Å². The lowest BCUT2D eigenvalue weighted by molar-refractivity contribution is 0.231. The molecule has 0 radical (unpaired) electrons. The molecule has 0 atom stereocenters. The van der Waals surface area contributed by atoms with Gasteiger partial charge in [-0.3, -0.25) is 5.10 Å². The summed E-state index contributed by atoms with van der Waals surface area (Å²) in [6.45, 7) is 3.98. The van der Waals surface area contributed by atoms with Crippen molar-refractivity contribution in [2.24, 2.45) is 0 Å². The van der Waals surface area contributed by atoms with Gasteiger partial charge in [0.2, 0.25) is 5.88 Å². The zero-order valence-electron chi connectivity index (χ0n) is 9.27. The van der Waals surface area contributed by atoms with E-state index in [0.717, 1.165) is 16.4 Å². The molecule has 1 N–H and O–H groups in total. The van der Waals surface area contributed by atoms with Gasteiger partial charge in [-0.2, -0.15) is 4.63 Å². The lowest BCUT2D eigenvalue weighted by atomic mass is 10.2. The van der Waals surface area contributed by atoms with Crippen molar-refractivity contribution >= 4 is 16.4 Å². The summed E-state index contributed by atoms with van der Waals surface area (Å²) in [6, 6.07) is 10.1. The molecule has 0 amide bonds. The Kier molecular flexibility index (Phi) is 1.89. The molecule has 0 aliphatic rings. The summed E-state index contributed by atoms with van der Waals surface area (Å²) in [5.41, 5.74) is 2.13. The lowest BCUT2D eigenvalue weighted by Crippen LogP contribution is -2.06. The first-order chi connectivity index (χ1) is 7.74.